The van der Waals surface area contributed by atoms with Crippen LogP contribution in [0.4, 0.5) is 18.0 Å². The van der Waals surface area contributed by atoms with E-state index in [1.54, 1.807) is 0 Å². The number of hydrogen-bond donors (Lipinski definition) is 0. The Morgan fingerprint density at radius 1 is 0.971 bits per heavy atom. The Bertz CT molecular complexity index is 958. The summed E-state index contributed by atoms with van der Waals surface area (Å²) >= 11 is 5.89. The molecule has 34 heavy (non-hydrogen) atoms. The van der Waals surface area contributed by atoms with E-state index in [2.05, 4.69) is 0 Å². The van der Waals surface area contributed by atoms with Crippen molar-refractivity contribution < 1.29 is 41.7 Å². The fourth-order valence-corrected chi connectivity index (χ4v) is 3.59. The number of benzene rings is 2. The average Bonchev–Trinajstić information content (AvgIpc) is 2.81. The summed E-state index contributed by atoms with van der Waals surface area (Å²) in [4.78, 5) is 24.5. The zero-order chi connectivity index (χ0) is 24.6. The molecule has 0 aliphatic heterocycles. The zero-order valence-electron chi connectivity index (χ0n) is 18.2. The van der Waals surface area contributed by atoms with Gasteiger partial charge in [-0.05, 0) is 56.0 Å². The molecule has 2 aromatic carbocycles. The van der Waals surface area contributed by atoms with E-state index in [4.69, 9.17) is 30.5 Å². The van der Waals surface area contributed by atoms with Crippen LogP contribution in [0.15, 0.2) is 48.5 Å². The van der Waals surface area contributed by atoms with Crippen LogP contribution in [0.5, 0.6) is 5.75 Å². The molecule has 1 fully saturated rings. The number of hydrogen-bond acceptors (Lipinski definition) is 6. The third-order valence-corrected chi connectivity index (χ3v) is 5.42. The minimum Gasteiger partial charge on any atom is -0.474 e. The monoisotopic (exact) mass is 500 g/mol. The highest BCUT2D eigenvalue weighted by Crippen LogP contribution is 2.33. The van der Waals surface area contributed by atoms with Gasteiger partial charge in [-0.25, -0.2) is 9.59 Å². The Balaban J connectivity index is 1.59. The van der Waals surface area contributed by atoms with Gasteiger partial charge in [-0.3, -0.25) is 0 Å². The molecular formula is C24H24ClF3O6. The number of ether oxygens (including phenoxy) is 4. The summed E-state index contributed by atoms with van der Waals surface area (Å²) in [7, 11) is 0. The van der Waals surface area contributed by atoms with Crippen molar-refractivity contribution in [2.75, 3.05) is 13.2 Å². The Kier molecular flexibility index (Phi) is 9.04. The van der Waals surface area contributed by atoms with Gasteiger partial charge in [-0.15, -0.1) is 0 Å². The van der Waals surface area contributed by atoms with E-state index in [0.29, 0.717) is 10.6 Å². The van der Waals surface area contributed by atoms with Crippen molar-refractivity contribution in [3.8, 4) is 5.75 Å². The van der Waals surface area contributed by atoms with Crippen molar-refractivity contribution >= 4 is 23.7 Å². The van der Waals surface area contributed by atoms with E-state index in [9.17, 15) is 22.8 Å². The SMILES string of the molecule is O=C(OCCOC(=O)C(Oc1cccc(C(F)(F)F)c1)c1ccc(Cl)cc1)OC1CCCCC1. The fourth-order valence-electron chi connectivity index (χ4n) is 3.47. The number of carbonyl (C=O) groups is 2. The van der Waals surface area contributed by atoms with Crippen LogP contribution in [0.2, 0.25) is 5.02 Å². The summed E-state index contributed by atoms with van der Waals surface area (Å²) in [5.74, 6) is -1.04. The third-order valence-electron chi connectivity index (χ3n) is 5.16. The van der Waals surface area contributed by atoms with Crippen LogP contribution < -0.4 is 4.74 Å². The highest BCUT2D eigenvalue weighted by molar-refractivity contribution is 6.30. The van der Waals surface area contributed by atoms with Crippen molar-refractivity contribution in [2.45, 2.75) is 50.5 Å². The molecule has 1 aliphatic carbocycles. The molecule has 6 nitrogen and oxygen atoms in total. The quantitative estimate of drug-likeness (QED) is 0.304. The van der Waals surface area contributed by atoms with Crippen molar-refractivity contribution in [3.63, 3.8) is 0 Å². The maximum atomic E-state index is 13.0. The van der Waals surface area contributed by atoms with Crippen molar-refractivity contribution in [2.24, 2.45) is 0 Å². The molecule has 0 bridgehead atoms. The smallest absolute Gasteiger partial charge is 0.474 e. The zero-order valence-corrected chi connectivity index (χ0v) is 18.9. The Morgan fingerprint density at radius 2 is 1.65 bits per heavy atom. The second-order valence-electron chi connectivity index (χ2n) is 7.72. The predicted molar refractivity (Wildman–Crippen MR) is 117 cm³/mol. The van der Waals surface area contributed by atoms with Crippen LogP contribution >= 0.6 is 11.6 Å². The minimum absolute atomic E-state index is 0.168. The number of esters is 1. The van der Waals surface area contributed by atoms with Crippen LogP contribution in [0, 0.1) is 0 Å². The molecule has 10 heteroatoms. The molecule has 3 rings (SSSR count). The molecule has 0 N–H and O–H groups in total. The summed E-state index contributed by atoms with van der Waals surface area (Å²) in [6.45, 7) is -0.525. The molecule has 2 aromatic rings. The largest absolute Gasteiger partial charge is 0.508 e. The molecule has 0 spiro atoms. The minimum atomic E-state index is -4.57. The first-order valence-corrected chi connectivity index (χ1v) is 11.2. The van der Waals surface area contributed by atoms with Gasteiger partial charge < -0.3 is 18.9 Å². The molecule has 1 atom stereocenters. The summed E-state index contributed by atoms with van der Waals surface area (Å²) in [6.07, 6.45) is -2.26. The lowest BCUT2D eigenvalue weighted by Gasteiger charge is -2.21. The number of carbonyl (C=O) groups excluding carboxylic acids is 2. The van der Waals surface area contributed by atoms with Crippen LogP contribution in [0.3, 0.4) is 0 Å². The van der Waals surface area contributed by atoms with E-state index in [0.717, 1.165) is 44.2 Å². The summed E-state index contributed by atoms with van der Waals surface area (Å²) < 4.78 is 60.0. The molecule has 1 saturated carbocycles. The second kappa shape index (κ2) is 12.0. The molecule has 1 unspecified atom stereocenters. The maximum Gasteiger partial charge on any atom is 0.508 e. The summed E-state index contributed by atoms with van der Waals surface area (Å²) in [6, 6.07) is 10.2. The lowest BCUT2D eigenvalue weighted by molar-refractivity contribution is -0.153. The molecule has 0 aromatic heterocycles. The lowest BCUT2D eigenvalue weighted by atomic mass is 9.98. The molecule has 184 valence electrons. The van der Waals surface area contributed by atoms with Gasteiger partial charge in [0.25, 0.3) is 0 Å². The highest BCUT2D eigenvalue weighted by Gasteiger charge is 2.31. The Morgan fingerprint density at radius 3 is 2.32 bits per heavy atom. The first kappa shape index (κ1) is 25.7. The maximum absolute atomic E-state index is 13.0. The van der Waals surface area contributed by atoms with Gasteiger partial charge in [0, 0.05) is 10.6 Å². The number of rotatable bonds is 8. The van der Waals surface area contributed by atoms with Gasteiger partial charge in [0.15, 0.2) is 0 Å². The fraction of sp³-hybridized carbons (Fsp3) is 0.417. The van der Waals surface area contributed by atoms with Crippen molar-refractivity contribution in [3.05, 3.63) is 64.7 Å². The van der Waals surface area contributed by atoms with Crippen molar-refractivity contribution in [1.82, 2.24) is 0 Å². The van der Waals surface area contributed by atoms with Gasteiger partial charge in [0.1, 0.15) is 25.1 Å². The number of alkyl halides is 3. The predicted octanol–water partition coefficient (Wildman–Crippen LogP) is 6.51. The first-order chi connectivity index (χ1) is 16.2. The lowest BCUT2D eigenvalue weighted by Crippen LogP contribution is -2.25. The molecule has 1 aliphatic rings. The molecule has 0 radical (unpaired) electrons. The summed E-state index contributed by atoms with van der Waals surface area (Å²) in [5, 5.41) is 0.403. The van der Waals surface area contributed by atoms with Gasteiger partial charge in [-0.2, -0.15) is 13.2 Å². The van der Waals surface area contributed by atoms with E-state index in [-0.39, 0.29) is 25.1 Å². The first-order valence-electron chi connectivity index (χ1n) is 10.8. The van der Waals surface area contributed by atoms with E-state index >= 15 is 0 Å². The van der Waals surface area contributed by atoms with Crippen LogP contribution in [-0.4, -0.2) is 31.4 Å². The van der Waals surface area contributed by atoms with E-state index < -0.39 is 30.0 Å². The van der Waals surface area contributed by atoms with Gasteiger partial charge in [0.05, 0.1) is 5.56 Å². The Hall–Kier alpha value is -2.94. The van der Waals surface area contributed by atoms with Crippen molar-refractivity contribution in [1.29, 1.82) is 0 Å². The van der Waals surface area contributed by atoms with Crippen LogP contribution in [0.25, 0.3) is 0 Å². The molecule has 0 amide bonds. The normalized spacial score (nSPS) is 15.3. The summed E-state index contributed by atoms with van der Waals surface area (Å²) in [5.41, 5.74) is -0.595. The number of halogens is 4. The third kappa shape index (κ3) is 7.83. The van der Waals surface area contributed by atoms with Gasteiger partial charge >= 0.3 is 18.3 Å². The van der Waals surface area contributed by atoms with Crippen LogP contribution in [-0.2, 0) is 25.2 Å². The molecular weight excluding hydrogens is 477 g/mol. The van der Waals surface area contributed by atoms with E-state index in [1.807, 2.05) is 0 Å². The van der Waals surface area contributed by atoms with Gasteiger partial charge in [-0.1, -0.05) is 36.2 Å². The highest BCUT2D eigenvalue weighted by atomic mass is 35.5. The molecule has 0 heterocycles. The average molecular weight is 501 g/mol. The standard InChI is InChI=1S/C24H24ClF3O6/c25-18-11-9-16(10-12-18)21(33-20-8-4-5-17(15-20)24(26,27)28)22(29)31-13-14-32-23(30)34-19-6-2-1-3-7-19/h4-5,8-12,15,19,21H,1-3,6-7,13-14H2. The Labute approximate surface area is 199 Å². The van der Waals surface area contributed by atoms with Gasteiger partial charge in [0.2, 0.25) is 6.10 Å². The topological polar surface area (TPSA) is 71.1 Å². The second-order valence-corrected chi connectivity index (χ2v) is 8.16. The molecule has 0 saturated heterocycles. The van der Waals surface area contributed by atoms with Crippen LogP contribution in [0.1, 0.15) is 49.3 Å². The van der Waals surface area contributed by atoms with E-state index in [1.165, 1.54) is 36.4 Å².